The molecule has 1 amide bonds. The molecule has 6 heteroatoms. The second kappa shape index (κ2) is 5.51. The lowest BCUT2D eigenvalue weighted by Crippen LogP contribution is -2.34. The predicted octanol–water partition coefficient (Wildman–Crippen LogP) is 1.51. The van der Waals surface area contributed by atoms with E-state index in [-0.39, 0.29) is 5.91 Å². The number of carbonyl (C=O) groups is 1. The number of benzene rings is 1. The lowest BCUT2D eigenvalue weighted by atomic mass is 10.3. The van der Waals surface area contributed by atoms with Crippen LogP contribution in [0.15, 0.2) is 23.1 Å². The molecular weight excluding hydrogens is 260 g/mol. The van der Waals surface area contributed by atoms with Crippen LogP contribution in [0.4, 0.5) is 5.69 Å². The Bertz CT molecular complexity index is 463. The molecule has 0 heterocycles. The summed E-state index contributed by atoms with van der Waals surface area (Å²) >= 11 is 5.85. The van der Waals surface area contributed by atoms with Gasteiger partial charge in [0.05, 0.1) is 21.5 Å². The van der Waals surface area contributed by atoms with E-state index in [1.807, 2.05) is 0 Å². The minimum Gasteiger partial charge on any atom is -0.398 e. The summed E-state index contributed by atoms with van der Waals surface area (Å²) in [7, 11) is 1.83. The third kappa shape index (κ3) is 3.20. The quantitative estimate of drug-likeness (QED) is 0.850. The van der Waals surface area contributed by atoms with Gasteiger partial charge < -0.3 is 10.6 Å². The minimum absolute atomic E-state index is 0.184. The Balaban J connectivity index is 2.97. The van der Waals surface area contributed by atoms with Crippen LogP contribution in [0.25, 0.3) is 0 Å². The summed E-state index contributed by atoms with van der Waals surface area (Å²) in [5.41, 5.74) is 6.00. The molecule has 0 saturated heterocycles. The first-order chi connectivity index (χ1) is 7.84. The van der Waals surface area contributed by atoms with Gasteiger partial charge in [-0.1, -0.05) is 11.6 Å². The number of carbonyl (C=O) groups excluding carboxylic acids is 1. The first kappa shape index (κ1) is 14.0. The van der Waals surface area contributed by atoms with E-state index in [9.17, 15) is 9.00 Å². The van der Waals surface area contributed by atoms with Crippen molar-refractivity contribution in [3.05, 3.63) is 23.2 Å². The van der Waals surface area contributed by atoms with Gasteiger partial charge in [0.15, 0.2) is 0 Å². The molecule has 0 aromatic heterocycles. The van der Waals surface area contributed by atoms with E-state index in [0.717, 1.165) is 0 Å². The molecule has 0 aliphatic rings. The van der Waals surface area contributed by atoms with Crippen molar-refractivity contribution < 1.29 is 9.00 Å². The molecule has 1 aromatic rings. The van der Waals surface area contributed by atoms with Gasteiger partial charge in [0.2, 0.25) is 5.91 Å². The van der Waals surface area contributed by atoms with Crippen LogP contribution in [0.2, 0.25) is 5.02 Å². The Hall–Kier alpha value is -1.07. The van der Waals surface area contributed by atoms with Crippen LogP contribution < -0.4 is 5.73 Å². The van der Waals surface area contributed by atoms with E-state index in [1.54, 1.807) is 33.2 Å². The highest BCUT2D eigenvalue weighted by molar-refractivity contribution is 7.86. The Labute approximate surface area is 108 Å². The number of hydrogen-bond donors (Lipinski definition) is 1. The van der Waals surface area contributed by atoms with Crippen molar-refractivity contribution in [2.75, 3.05) is 19.8 Å². The van der Waals surface area contributed by atoms with Gasteiger partial charge >= 0.3 is 0 Å². The highest BCUT2D eigenvalue weighted by Gasteiger charge is 2.23. The maximum absolute atomic E-state index is 12.1. The van der Waals surface area contributed by atoms with Crippen LogP contribution >= 0.6 is 11.6 Å². The topological polar surface area (TPSA) is 63.4 Å². The monoisotopic (exact) mass is 274 g/mol. The van der Waals surface area contributed by atoms with E-state index in [1.165, 1.54) is 11.0 Å². The first-order valence-corrected chi connectivity index (χ1v) is 6.60. The fraction of sp³-hybridized carbons (Fsp3) is 0.364. The van der Waals surface area contributed by atoms with Crippen molar-refractivity contribution in [3.8, 4) is 0 Å². The molecule has 4 nitrogen and oxygen atoms in total. The number of amides is 1. The summed E-state index contributed by atoms with van der Waals surface area (Å²) in [4.78, 5) is 13.6. The highest BCUT2D eigenvalue weighted by Crippen LogP contribution is 2.23. The molecule has 0 bridgehead atoms. The molecule has 0 spiro atoms. The Kier molecular flexibility index (Phi) is 4.54. The van der Waals surface area contributed by atoms with E-state index >= 15 is 0 Å². The van der Waals surface area contributed by atoms with Gasteiger partial charge in [0.25, 0.3) is 0 Å². The van der Waals surface area contributed by atoms with E-state index in [4.69, 9.17) is 17.3 Å². The third-order valence-electron chi connectivity index (χ3n) is 2.31. The fourth-order valence-electron chi connectivity index (χ4n) is 1.29. The zero-order chi connectivity index (χ0) is 13.2. The summed E-state index contributed by atoms with van der Waals surface area (Å²) in [5.74, 6) is -0.184. The smallest absolute Gasteiger partial charge is 0.237 e. The average molecular weight is 275 g/mol. The Morgan fingerprint density at radius 2 is 2.06 bits per heavy atom. The molecule has 17 heavy (non-hydrogen) atoms. The molecule has 1 aromatic carbocycles. The molecule has 2 unspecified atom stereocenters. The van der Waals surface area contributed by atoms with Gasteiger partial charge in [-0.25, -0.2) is 0 Å². The maximum Gasteiger partial charge on any atom is 0.237 e. The molecule has 0 aliphatic carbocycles. The average Bonchev–Trinajstić information content (AvgIpc) is 2.29. The van der Waals surface area contributed by atoms with Gasteiger partial charge in [-0.3, -0.25) is 9.00 Å². The van der Waals surface area contributed by atoms with Gasteiger partial charge in [-0.2, -0.15) is 0 Å². The molecule has 2 atom stereocenters. The highest BCUT2D eigenvalue weighted by atomic mass is 35.5. The molecule has 0 aliphatic heterocycles. The largest absolute Gasteiger partial charge is 0.398 e. The first-order valence-electron chi connectivity index (χ1n) is 5.01. The summed E-state index contributed by atoms with van der Waals surface area (Å²) in [5, 5.41) is -0.259. The lowest BCUT2D eigenvalue weighted by Gasteiger charge is -2.16. The summed E-state index contributed by atoms with van der Waals surface area (Å²) < 4.78 is 12.1. The van der Waals surface area contributed by atoms with E-state index < -0.39 is 16.0 Å². The van der Waals surface area contributed by atoms with E-state index in [2.05, 4.69) is 0 Å². The molecule has 0 radical (unpaired) electrons. The maximum atomic E-state index is 12.1. The van der Waals surface area contributed by atoms with Crippen LogP contribution in [0, 0.1) is 0 Å². The third-order valence-corrected chi connectivity index (χ3v) is 4.20. The number of halogens is 1. The second-order valence-electron chi connectivity index (χ2n) is 3.86. The summed E-state index contributed by atoms with van der Waals surface area (Å²) in [6.45, 7) is 1.63. The van der Waals surface area contributed by atoms with Gasteiger partial charge in [-0.15, -0.1) is 0 Å². The zero-order valence-corrected chi connectivity index (χ0v) is 11.5. The van der Waals surface area contributed by atoms with E-state index in [0.29, 0.717) is 15.6 Å². The molecule has 1 rings (SSSR count). The number of anilines is 1. The Morgan fingerprint density at radius 1 is 1.47 bits per heavy atom. The number of nitrogens with two attached hydrogens (primary N) is 1. The molecule has 2 N–H and O–H groups in total. The van der Waals surface area contributed by atoms with Crippen molar-refractivity contribution in [2.24, 2.45) is 0 Å². The molecule has 94 valence electrons. The molecular formula is C11H15ClN2O2S. The van der Waals surface area contributed by atoms with Crippen molar-refractivity contribution in [1.29, 1.82) is 0 Å². The van der Waals surface area contributed by atoms with Crippen LogP contribution in [0.5, 0.6) is 0 Å². The van der Waals surface area contributed by atoms with Crippen molar-refractivity contribution >= 4 is 34.0 Å². The number of hydrogen-bond acceptors (Lipinski definition) is 3. The second-order valence-corrected chi connectivity index (χ2v) is 6.04. The van der Waals surface area contributed by atoms with Gasteiger partial charge in [0, 0.05) is 19.0 Å². The van der Waals surface area contributed by atoms with Gasteiger partial charge in [-0.05, 0) is 25.1 Å². The number of rotatable bonds is 3. The number of nitrogen functional groups attached to an aromatic ring is 1. The molecule has 0 fully saturated rings. The SMILES string of the molecule is CC(C(=O)N(C)C)S(=O)c1ccc(N)c(Cl)c1. The van der Waals surface area contributed by atoms with Crippen molar-refractivity contribution in [2.45, 2.75) is 17.1 Å². The Morgan fingerprint density at radius 3 is 2.53 bits per heavy atom. The summed E-state index contributed by atoms with van der Waals surface area (Å²) in [6, 6.07) is 4.74. The van der Waals surface area contributed by atoms with Crippen molar-refractivity contribution in [1.82, 2.24) is 4.90 Å². The van der Waals surface area contributed by atoms with Crippen molar-refractivity contribution in [3.63, 3.8) is 0 Å². The van der Waals surface area contributed by atoms with Crippen LogP contribution in [-0.2, 0) is 15.6 Å². The van der Waals surface area contributed by atoms with Gasteiger partial charge in [0.1, 0.15) is 5.25 Å². The van der Waals surface area contributed by atoms with Crippen LogP contribution in [-0.4, -0.2) is 34.4 Å². The summed E-state index contributed by atoms with van der Waals surface area (Å²) in [6.07, 6.45) is 0. The molecule has 0 saturated carbocycles. The van der Waals surface area contributed by atoms with Crippen LogP contribution in [0.1, 0.15) is 6.92 Å². The zero-order valence-electron chi connectivity index (χ0n) is 9.94. The minimum atomic E-state index is -1.43. The lowest BCUT2D eigenvalue weighted by molar-refractivity contribution is -0.127. The predicted molar refractivity (Wildman–Crippen MR) is 70.4 cm³/mol. The number of nitrogens with zero attached hydrogens (tertiary/aromatic N) is 1. The fourth-order valence-corrected chi connectivity index (χ4v) is 2.78. The normalized spacial score (nSPS) is 14.1. The van der Waals surface area contributed by atoms with Crippen LogP contribution in [0.3, 0.4) is 0 Å². The standard InChI is InChI=1S/C11H15ClN2O2S/c1-7(11(15)14(2)3)17(16)8-4-5-10(13)9(12)6-8/h4-7H,13H2,1-3H3.